The van der Waals surface area contributed by atoms with Crippen molar-refractivity contribution in [2.45, 2.75) is 38.5 Å². The summed E-state index contributed by atoms with van der Waals surface area (Å²) in [5, 5.41) is 5.14. The number of carbonyl (C=O) groups is 1. The fourth-order valence-electron chi connectivity index (χ4n) is 2.92. The molecular formula is C18H21NOS. The van der Waals surface area contributed by atoms with E-state index in [9.17, 15) is 4.79 Å². The van der Waals surface area contributed by atoms with E-state index in [1.54, 1.807) is 11.3 Å². The van der Waals surface area contributed by atoms with Crippen molar-refractivity contribution >= 4 is 17.2 Å². The lowest BCUT2D eigenvalue weighted by Gasteiger charge is -2.15. The van der Waals surface area contributed by atoms with Crippen molar-refractivity contribution in [3.63, 3.8) is 0 Å². The number of fused-ring (bicyclic) bond motifs is 1. The number of benzene rings is 1. The van der Waals surface area contributed by atoms with E-state index < -0.39 is 0 Å². The van der Waals surface area contributed by atoms with Gasteiger partial charge in [-0.15, -0.1) is 11.3 Å². The molecule has 2 nitrogen and oxygen atoms in total. The van der Waals surface area contributed by atoms with Crippen molar-refractivity contribution in [2.75, 3.05) is 6.54 Å². The van der Waals surface area contributed by atoms with Crippen LogP contribution >= 0.6 is 11.3 Å². The van der Waals surface area contributed by atoms with Gasteiger partial charge in [0.2, 0.25) is 0 Å². The zero-order valence-electron chi connectivity index (χ0n) is 12.4. The molecule has 0 spiro atoms. The Balaban J connectivity index is 1.63. The number of thiophene rings is 1. The smallest absolute Gasteiger partial charge is 0.252 e. The van der Waals surface area contributed by atoms with Gasteiger partial charge in [0.05, 0.1) is 5.56 Å². The second-order valence-corrected chi connectivity index (χ2v) is 6.74. The van der Waals surface area contributed by atoms with E-state index in [1.807, 2.05) is 23.6 Å². The first kappa shape index (κ1) is 14.3. The maximum absolute atomic E-state index is 12.4. The average Bonchev–Trinajstić information content (AvgIpc) is 2.97. The van der Waals surface area contributed by atoms with E-state index >= 15 is 0 Å². The number of hydrogen-bond donors (Lipinski definition) is 1. The summed E-state index contributed by atoms with van der Waals surface area (Å²) in [4.78, 5) is 13.8. The Hall–Kier alpha value is -1.61. The van der Waals surface area contributed by atoms with E-state index in [4.69, 9.17) is 0 Å². The lowest BCUT2D eigenvalue weighted by atomic mass is 9.95. The largest absolute Gasteiger partial charge is 0.351 e. The maximum Gasteiger partial charge on any atom is 0.252 e. The Morgan fingerprint density at radius 1 is 1.24 bits per heavy atom. The van der Waals surface area contributed by atoms with Crippen LogP contribution in [0.4, 0.5) is 0 Å². The van der Waals surface area contributed by atoms with E-state index in [0.717, 1.165) is 18.4 Å². The average molecular weight is 299 g/mol. The van der Waals surface area contributed by atoms with Gasteiger partial charge in [0.15, 0.2) is 0 Å². The summed E-state index contributed by atoms with van der Waals surface area (Å²) in [7, 11) is 0. The van der Waals surface area contributed by atoms with Gasteiger partial charge in [-0.1, -0.05) is 37.3 Å². The van der Waals surface area contributed by atoms with Crippen LogP contribution in [0.3, 0.4) is 0 Å². The molecule has 0 bridgehead atoms. The molecule has 0 fully saturated rings. The van der Waals surface area contributed by atoms with Gasteiger partial charge in [-0.3, -0.25) is 4.79 Å². The summed E-state index contributed by atoms with van der Waals surface area (Å²) in [6.07, 6.45) is 4.69. The number of nitrogens with one attached hydrogen (secondary N) is 1. The summed E-state index contributed by atoms with van der Waals surface area (Å²) in [6, 6.07) is 10.3. The van der Waals surface area contributed by atoms with Gasteiger partial charge in [0.25, 0.3) is 5.91 Å². The molecule has 2 aromatic rings. The van der Waals surface area contributed by atoms with Crippen molar-refractivity contribution in [2.24, 2.45) is 0 Å². The molecule has 3 rings (SSSR count). The molecule has 0 saturated heterocycles. The molecule has 1 heterocycles. The highest BCUT2D eigenvalue weighted by Crippen LogP contribution is 2.30. The van der Waals surface area contributed by atoms with Gasteiger partial charge in [0, 0.05) is 16.8 Å². The predicted octanol–water partition coefficient (Wildman–Crippen LogP) is 4.16. The molecule has 1 amide bonds. The van der Waals surface area contributed by atoms with Crippen LogP contribution in [0, 0.1) is 0 Å². The zero-order chi connectivity index (χ0) is 14.7. The molecule has 21 heavy (non-hydrogen) atoms. The van der Waals surface area contributed by atoms with Crippen LogP contribution in [0.5, 0.6) is 0 Å². The minimum absolute atomic E-state index is 0.0946. The van der Waals surface area contributed by atoms with E-state index in [-0.39, 0.29) is 5.91 Å². The van der Waals surface area contributed by atoms with Crippen LogP contribution < -0.4 is 5.32 Å². The van der Waals surface area contributed by atoms with Gasteiger partial charge in [-0.05, 0) is 42.7 Å². The number of hydrogen-bond acceptors (Lipinski definition) is 2. The fourth-order valence-corrected chi connectivity index (χ4v) is 4.05. The first-order valence-electron chi connectivity index (χ1n) is 7.68. The second-order valence-electron chi connectivity index (χ2n) is 5.78. The van der Waals surface area contributed by atoms with Crippen LogP contribution in [0.1, 0.15) is 52.0 Å². The molecular weight excluding hydrogens is 278 g/mol. The van der Waals surface area contributed by atoms with Crippen molar-refractivity contribution in [3.8, 4) is 0 Å². The molecule has 1 aliphatic carbocycles. The first-order chi connectivity index (χ1) is 10.3. The third-order valence-electron chi connectivity index (χ3n) is 4.24. The van der Waals surface area contributed by atoms with Crippen molar-refractivity contribution < 1.29 is 4.79 Å². The normalized spacial score (nSPS) is 15.3. The Bertz CT molecular complexity index is 617. The zero-order valence-corrected chi connectivity index (χ0v) is 13.2. The molecule has 0 radical (unpaired) electrons. The lowest BCUT2D eigenvalue weighted by molar-refractivity contribution is 0.0951. The Morgan fingerprint density at radius 2 is 2.00 bits per heavy atom. The van der Waals surface area contributed by atoms with E-state index in [1.165, 1.54) is 28.8 Å². The van der Waals surface area contributed by atoms with Crippen LogP contribution in [-0.4, -0.2) is 12.5 Å². The summed E-state index contributed by atoms with van der Waals surface area (Å²) in [6.45, 7) is 2.84. The van der Waals surface area contributed by atoms with Crippen molar-refractivity contribution in [1.82, 2.24) is 5.32 Å². The molecule has 1 atom stereocenters. The standard InChI is InChI=1S/C18H21NOS/c1-13(14-7-3-2-4-8-14)11-19-18(20)16-12-21-17-10-6-5-9-15(16)17/h2-4,7-8,12-13H,5-6,9-11H2,1H3,(H,19,20)/t13-/m0/s1. The monoisotopic (exact) mass is 299 g/mol. The number of rotatable bonds is 4. The second kappa shape index (κ2) is 6.44. The molecule has 0 saturated carbocycles. The highest BCUT2D eigenvalue weighted by atomic mass is 32.1. The van der Waals surface area contributed by atoms with Crippen LogP contribution in [0.15, 0.2) is 35.7 Å². The number of carbonyl (C=O) groups excluding carboxylic acids is 1. The van der Waals surface area contributed by atoms with Crippen LogP contribution in [0.2, 0.25) is 0 Å². The van der Waals surface area contributed by atoms with Gasteiger partial charge < -0.3 is 5.32 Å². The van der Waals surface area contributed by atoms with Crippen molar-refractivity contribution in [1.29, 1.82) is 0 Å². The molecule has 0 aliphatic heterocycles. The number of amides is 1. The highest BCUT2D eigenvalue weighted by Gasteiger charge is 2.20. The highest BCUT2D eigenvalue weighted by molar-refractivity contribution is 7.10. The maximum atomic E-state index is 12.4. The molecule has 110 valence electrons. The Labute approximate surface area is 130 Å². The Morgan fingerprint density at radius 3 is 2.81 bits per heavy atom. The minimum Gasteiger partial charge on any atom is -0.351 e. The summed E-state index contributed by atoms with van der Waals surface area (Å²) < 4.78 is 0. The fraction of sp³-hybridized carbons (Fsp3) is 0.389. The molecule has 0 unspecified atom stereocenters. The quantitative estimate of drug-likeness (QED) is 0.902. The van der Waals surface area contributed by atoms with Gasteiger partial charge in [-0.2, -0.15) is 0 Å². The number of aryl methyl sites for hydroxylation is 1. The predicted molar refractivity (Wildman–Crippen MR) is 88.2 cm³/mol. The summed E-state index contributed by atoms with van der Waals surface area (Å²) in [5.74, 6) is 0.432. The van der Waals surface area contributed by atoms with Gasteiger partial charge in [0.1, 0.15) is 0 Å². The third-order valence-corrected chi connectivity index (χ3v) is 5.33. The van der Waals surface area contributed by atoms with Crippen LogP contribution in [-0.2, 0) is 12.8 Å². The van der Waals surface area contributed by atoms with E-state index in [0.29, 0.717) is 12.5 Å². The lowest BCUT2D eigenvalue weighted by Crippen LogP contribution is -2.28. The molecule has 3 heteroatoms. The third kappa shape index (κ3) is 3.18. The summed E-state index contributed by atoms with van der Waals surface area (Å²) in [5.41, 5.74) is 3.48. The molecule has 1 aromatic heterocycles. The molecule has 1 N–H and O–H groups in total. The summed E-state index contributed by atoms with van der Waals surface area (Å²) >= 11 is 1.75. The SMILES string of the molecule is C[C@@H](CNC(=O)c1csc2c1CCCC2)c1ccccc1. The van der Waals surface area contributed by atoms with E-state index in [2.05, 4.69) is 24.4 Å². The molecule has 1 aliphatic rings. The topological polar surface area (TPSA) is 29.1 Å². The van der Waals surface area contributed by atoms with Crippen molar-refractivity contribution in [3.05, 3.63) is 57.3 Å². The van der Waals surface area contributed by atoms with Gasteiger partial charge >= 0.3 is 0 Å². The minimum atomic E-state index is 0.0946. The van der Waals surface area contributed by atoms with Crippen LogP contribution in [0.25, 0.3) is 0 Å². The first-order valence-corrected chi connectivity index (χ1v) is 8.56. The Kier molecular flexibility index (Phi) is 4.39. The molecule has 1 aromatic carbocycles. The van der Waals surface area contributed by atoms with Gasteiger partial charge in [-0.25, -0.2) is 0 Å².